The molecule has 6 heteroatoms. The van der Waals surface area contributed by atoms with Gasteiger partial charge in [-0.15, -0.1) is 0 Å². The van der Waals surface area contributed by atoms with Crippen LogP contribution in [0.2, 0.25) is 5.02 Å². The number of ether oxygens (including phenoxy) is 1. The molecule has 1 heterocycles. The minimum atomic E-state index is -0.380. The van der Waals surface area contributed by atoms with Gasteiger partial charge in [0.25, 0.3) is 5.91 Å². The summed E-state index contributed by atoms with van der Waals surface area (Å²) in [4.78, 5) is 11.4. The van der Waals surface area contributed by atoms with Crippen molar-refractivity contribution in [3.8, 4) is 5.75 Å². The lowest BCUT2D eigenvalue weighted by molar-refractivity contribution is -0.118. The molecule has 1 atom stereocenters. The monoisotopic (exact) mass is 366 g/mol. The molecule has 0 bridgehead atoms. The van der Waals surface area contributed by atoms with Gasteiger partial charge in [0.1, 0.15) is 5.75 Å². The second-order valence-electron chi connectivity index (χ2n) is 4.74. The molecule has 2 aromatic carbocycles. The van der Waals surface area contributed by atoms with Crippen LogP contribution in [0.15, 0.2) is 40.9 Å². The van der Waals surface area contributed by atoms with Crippen molar-refractivity contribution >= 4 is 39.1 Å². The van der Waals surface area contributed by atoms with E-state index in [1.54, 1.807) is 12.1 Å². The van der Waals surface area contributed by atoms with E-state index < -0.39 is 0 Å². The summed E-state index contributed by atoms with van der Waals surface area (Å²) in [5, 5.41) is 3.36. The summed E-state index contributed by atoms with van der Waals surface area (Å²) in [6, 6.07) is 10.7. The van der Waals surface area contributed by atoms with E-state index in [-0.39, 0.29) is 18.6 Å². The fraction of sp³-hybridized carbons (Fsp3) is 0.133. The molecule has 0 aliphatic carbocycles. The maximum atomic E-state index is 11.4. The van der Waals surface area contributed by atoms with Gasteiger partial charge in [0.2, 0.25) is 0 Å². The summed E-state index contributed by atoms with van der Waals surface area (Å²) in [6.07, 6.45) is 0. The van der Waals surface area contributed by atoms with Gasteiger partial charge >= 0.3 is 0 Å². The number of hydrogen-bond donors (Lipinski definition) is 2. The van der Waals surface area contributed by atoms with E-state index in [1.165, 1.54) is 0 Å². The molecule has 1 amide bonds. The largest absolute Gasteiger partial charge is 0.482 e. The summed E-state index contributed by atoms with van der Waals surface area (Å²) in [6.45, 7) is 0.0386. The highest BCUT2D eigenvalue weighted by molar-refractivity contribution is 9.10. The molecule has 0 spiro atoms. The molecule has 2 aromatic rings. The minimum Gasteiger partial charge on any atom is -0.482 e. The predicted octanol–water partition coefficient (Wildman–Crippen LogP) is 3.48. The van der Waals surface area contributed by atoms with Gasteiger partial charge in [-0.2, -0.15) is 0 Å². The number of anilines is 1. The van der Waals surface area contributed by atoms with E-state index in [1.807, 2.05) is 24.3 Å². The van der Waals surface area contributed by atoms with Gasteiger partial charge in [-0.3, -0.25) is 4.79 Å². The Hall–Kier alpha value is -1.56. The molecule has 0 radical (unpaired) electrons. The molecule has 1 aliphatic rings. The van der Waals surface area contributed by atoms with Gasteiger partial charge in [-0.05, 0) is 35.4 Å². The molecule has 3 N–H and O–H groups in total. The number of carbonyl (C=O) groups excluding carboxylic acids is 1. The Morgan fingerprint density at radius 3 is 2.86 bits per heavy atom. The quantitative estimate of drug-likeness (QED) is 0.854. The molecule has 4 nitrogen and oxygen atoms in total. The number of hydrogen-bond acceptors (Lipinski definition) is 3. The molecular weight excluding hydrogens is 356 g/mol. The molecule has 3 rings (SSSR count). The van der Waals surface area contributed by atoms with Crippen molar-refractivity contribution in [2.45, 2.75) is 6.04 Å². The highest BCUT2D eigenvalue weighted by Gasteiger charge is 2.19. The number of carbonyl (C=O) groups is 1. The van der Waals surface area contributed by atoms with Crippen molar-refractivity contribution in [2.24, 2.45) is 5.73 Å². The molecule has 1 aliphatic heterocycles. The molecule has 0 aromatic heterocycles. The fourth-order valence-electron chi connectivity index (χ4n) is 2.23. The van der Waals surface area contributed by atoms with Crippen LogP contribution in [0.3, 0.4) is 0 Å². The number of nitrogens with one attached hydrogen (secondary N) is 1. The van der Waals surface area contributed by atoms with Crippen LogP contribution in [0.25, 0.3) is 0 Å². The first kappa shape index (κ1) is 14.4. The topological polar surface area (TPSA) is 64.3 Å². The smallest absolute Gasteiger partial charge is 0.262 e. The second-order valence-corrected chi connectivity index (χ2v) is 6.06. The van der Waals surface area contributed by atoms with Gasteiger partial charge < -0.3 is 15.8 Å². The van der Waals surface area contributed by atoms with Crippen molar-refractivity contribution in [2.75, 3.05) is 11.9 Å². The third kappa shape index (κ3) is 2.90. The minimum absolute atomic E-state index is 0.0386. The molecule has 1 unspecified atom stereocenters. The molecule has 21 heavy (non-hydrogen) atoms. The van der Waals surface area contributed by atoms with E-state index >= 15 is 0 Å². The first-order chi connectivity index (χ1) is 10.0. The number of rotatable bonds is 2. The lowest BCUT2D eigenvalue weighted by atomic mass is 9.98. The summed E-state index contributed by atoms with van der Waals surface area (Å²) in [5.41, 5.74) is 8.59. The first-order valence-electron chi connectivity index (χ1n) is 6.32. The van der Waals surface area contributed by atoms with Crippen molar-refractivity contribution in [1.82, 2.24) is 0 Å². The molecule has 0 saturated heterocycles. The Balaban J connectivity index is 1.96. The Bertz CT molecular complexity index is 721. The number of benzene rings is 2. The lowest BCUT2D eigenvalue weighted by Crippen LogP contribution is -2.25. The van der Waals surface area contributed by atoms with Crippen molar-refractivity contribution in [3.63, 3.8) is 0 Å². The van der Waals surface area contributed by atoms with Crippen molar-refractivity contribution in [1.29, 1.82) is 0 Å². The number of fused-ring (bicyclic) bond motifs is 1. The van der Waals surface area contributed by atoms with Crippen LogP contribution in [0.1, 0.15) is 17.2 Å². The first-order valence-corrected chi connectivity index (χ1v) is 7.49. The number of nitrogens with two attached hydrogens (primary N) is 1. The van der Waals surface area contributed by atoms with Gasteiger partial charge in [0.05, 0.1) is 11.7 Å². The lowest BCUT2D eigenvalue weighted by Gasteiger charge is -2.21. The van der Waals surface area contributed by atoms with Crippen LogP contribution in [0.5, 0.6) is 5.75 Å². The summed E-state index contributed by atoms with van der Waals surface area (Å²) in [7, 11) is 0. The SMILES string of the molecule is NC(c1ccc2c(c1)NC(=O)CO2)c1ccc(Br)cc1Cl. The van der Waals surface area contributed by atoms with Gasteiger partial charge in [0.15, 0.2) is 6.61 Å². The Kier molecular flexibility index (Phi) is 3.89. The average molecular weight is 368 g/mol. The summed E-state index contributed by atoms with van der Waals surface area (Å²) < 4.78 is 6.23. The average Bonchev–Trinajstić information content (AvgIpc) is 2.46. The van der Waals surface area contributed by atoms with Crippen LogP contribution in [0, 0.1) is 0 Å². The maximum absolute atomic E-state index is 11.4. The zero-order valence-electron chi connectivity index (χ0n) is 10.9. The Morgan fingerprint density at radius 1 is 1.29 bits per heavy atom. The van der Waals surface area contributed by atoms with E-state index in [0.717, 1.165) is 15.6 Å². The second kappa shape index (κ2) is 5.67. The molecule has 0 fully saturated rings. The van der Waals surface area contributed by atoms with Crippen LogP contribution >= 0.6 is 27.5 Å². The normalized spacial score (nSPS) is 14.9. The summed E-state index contributed by atoms with van der Waals surface area (Å²) in [5.74, 6) is 0.474. The molecule has 0 saturated carbocycles. The van der Waals surface area contributed by atoms with Gasteiger partial charge in [-0.1, -0.05) is 39.7 Å². The van der Waals surface area contributed by atoms with Crippen LogP contribution < -0.4 is 15.8 Å². The van der Waals surface area contributed by atoms with E-state index in [4.69, 9.17) is 22.1 Å². The third-order valence-corrected chi connectivity index (χ3v) is 4.11. The highest BCUT2D eigenvalue weighted by atomic mass is 79.9. The molecular formula is C15H12BrClN2O2. The zero-order chi connectivity index (χ0) is 15.0. The van der Waals surface area contributed by atoms with Crippen molar-refractivity contribution in [3.05, 3.63) is 57.0 Å². The van der Waals surface area contributed by atoms with E-state index in [2.05, 4.69) is 21.2 Å². The van der Waals surface area contributed by atoms with Crippen molar-refractivity contribution < 1.29 is 9.53 Å². The van der Waals surface area contributed by atoms with Gasteiger partial charge in [0, 0.05) is 9.50 Å². The van der Waals surface area contributed by atoms with Crippen LogP contribution in [0.4, 0.5) is 5.69 Å². The number of halogens is 2. The Labute approximate surface area is 135 Å². The van der Waals surface area contributed by atoms with Crippen LogP contribution in [-0.4, -0.2) is 12.5 Å². The van der Waals surface area contributed by atoms with E-state index in [9.17, 15) is 4.79 Å². The zero-order valence-corrected chi connectivity index (χ0v) is 13.2. The predicted molar refractivity (Wildman–Crippen MR) is 85.7 cm³/mol. The fourth-order valence-corrected chi connectivity index (χ4v) is 3.02. The van der Waals surface area contributed by atoms with Gasteiger partial charge in [-0.25, -0.2) is 0 Å². The maximum Gasteiger partial charge on any atom is 0.262 e. The number of amides is 1. The standard InChI is InChI=1S/C15H12BrClN2O2/c16-9-2-3-10(11(17)6-9)15(18)8-1-4-13-12(5-8)19-14(20)7-21-13/h1-6,15H,7,18H2,(H,19,20). The summed E-state index contributed by atoms with van der Waals surface area (Å²) >= 11 is 9.60. The third-order valence-electron chi connectivity index (χ3n) is 3.29. The highest BCUT2D eigenvalue weighted by Crippen LogP contribution is 2.34. The van der Waals surface area contributed by atoms with E-state index in [0.29, 0.717) is 16.5 Å². The Morgan fingerprint density at radius 2 is 2.10 bits per heavy atom. The van der Waals surface area contributed by atoms with Crippen LogP contribution in [-0.2, 0) is 4.79 Å². The molecule has 108 valence electrons.